The molecule has 2 aliphatic rings. The number of hydrogen-bond donors (Lipinski definition) is 1. The Morgan fingerprint density at radius 1 is 1.31 bits per heavy atom. The van der Waals surface area contributed by atoms with E-state index in [1.54, 1.807) is 12.4 Å². The molecule has 1 unspecified atom stereocenters. The first kappa shape index (κ1) is 16.2. The zero-order chi connectivity index (χ0) is 18.1. The summed E-state index contributed by atoms with van der Waals surface area (Å²) in [5.74, 6) is 1.24. The van der Waals surface area contributed by atoms with Gasteiger partial charge in [-0.1, -0.05) is 35.1 Å². The van der Waals surface area contributed by atoms with Gasteiger partial charge in [-0.3, -0.25) is 4.90 Å². The van der Waals surface area contributed by atoms with Gasteiger partial charge in [0.05, 0.1) is 12.2 Å². The number of rotatable bonds is 4. The van der Waals surface area contributed by atoms with Crippen molar-refractivity contribution in [3.63, 3.8) is 0 Å². The highest BCUT2D eigenvalue weighted by Gasteiger charge is 2.39. The van der Waals surface area contributed by atoms with Gasteiger partial charge in [-0.25, -0.2) is 4.79 Å². The van der Waals surface area contributed by atoms with Crippen LogP contribution >= 0.6 is 11.8 Å². The normalized spacial score (nSPS) is 16.8. The minimum absolute atomic E-state index is 0.206. The summed E-state index contributed by atoms with van der Waals surface area (Å²) in [7, 11) is 0. The van der Waals surface area contributed by atoms with E-state index in [2.05, 4.69) is 10.0 Å². The first-order valence-electron chi connectivity index (χ1n) is 7.72. The Bertz CT molecular complexity index is 957. The number of carbonyl (C=O) groups is 1. The maximum Gasteiger partial charge on any atom is 0.413 e. The van der Waals surface area contributed by atoms with Crippen LogP contribution in [0.5, 0.6) is 11.5 Å². The largest absolute Gasteiger partial charge is 0.465 e. The Hall–Kier alpha value is -3.29. The van der Waals surface area contributed by atoms with Crippen LogP contribution in [0.2, 0.25) is 0 Å². The molecule has 8 nitrogen and oxygen atoms in total. The number of nitrogens with zero attached hydrogens (tertiary/aromatic N) is 5. The van der Waals surface area contributed by atoms with Gasteiger partial charge in [-0.2, -0.15) is 0 Å². The Balaban J connectivity index is 1.60. The maximum absolute atomic E-state index is 11.3. The summed E-state index contributed by atoms with van der Waals surface area (Å²) in [6.45, 7) is 0.206. The molecule has 0 fully saturated rings. The number of amides is 1. The summed E-state index contributed by atoms with van der Waals surface area (Å²) in [4.78, 5) is 18.2. The van der Waals surface area contributed by atoms with Gasteiger partial charge < -0.3 is 14.7 Å². The zero-order valence-electron chi connectivity index (χ0n) is 13.4. The molecule has 0 aliphatic carbocycles. The van der Waals surface area contributed by atoms with Gasteiger partial charge in [-0.05, 0) is 23.7 Å². The van der Waals surface area contributed by atoms with Crippen LogP contribution in [0, 0.1) is 0 Å². The fourth-order valence-electron chi connectivity index (χ4n) is 2.84. The molecule has 2 aromatic rings. The van der Waals surface area contributed by atoms with Crippen molar-refractivity contribution in [3.05, 3.63) is 70.9 Å². The molecule has 0 spiro atoms. The van der Waals surface area contributed by atoms with Crippen LogP contribution in [0.3, 0.4) is 0 Å². The Morgan fingerprint density at radius 3 is 2.96 bits per heavy atom. The number of carboxylic acid groups (broad SMARTS) is 1. The molecule has 0 saturated carbocycles. The molecule has 1 amide bonds. The Kier molecular flexibility index (Phi) is 4.08. The molecule has 130 valence electrons. The number of para-hydroxylation sites is 1. The monoisotopic (exact) mass is 367 g/mol. The van der Waals surface area contributed by atoms with Crippen molar-refractivity contribution in [3.8, 4) is 11.5 Å². The van der Waals surface area contributed by atoms with E-state index in [1.165, 1.54) is 16.7 Å². The predicted molar refractivity (Wildman–Crippen MR) is 96.9 cm³/mol. The number of anilines is 1. The first-order valence-corrected chi connectivity index (χ1v) is 8.60. The molecule has 1 atom stereocenters. The van der Waals surface area contributed by atoms with Gasteiger partial charge in [0.2, 0.25) is 0 Å². The lowest BCUT2D eigenvalue weighted by Crippen LogP contribution is -2.35. The second-order valence-electron chi connectivity index (χ2n) is 5.57. The van der Waals surface area contributed by atoms with E-state index in [0.29, 0.717) is 11.5 Å². The summed E-state index contributed by atoms with van der Waals surface area (Å²) in [6.07, 6.45) is 2.31. The van der Waals surface area contributed by atoms with Crippen molar-refractivity contribution in [1.82, 2.24) is 4.90 Å². The summed E-state index contributed by atoms with van der Waals surface area (Å²) in [5, 5.41) is 12.9. The number of benzene rings is 2. The van der Waals surface area contributed by atoms with E-state index < -0.39 is 6.09 Å². The molecule has 1 N–H and O–H groups in total. The molecule has 0 saturated heterocycles. The molecule has 0 bridgehead atoms. The van der Waals surface area contributed by atoms with E-state index in [0.717, 1.165) is 16.1 Å². The number of azide groups is 1. The van der Waals surface area contributed by atoms with Crippen molar-refractivity contribution in [2.75, 3.05) is 4.90 Å². The molecule has 0 aromatic heterocycles. The molecule has 2 heterocycles. The highest BCUT2D eigenvalue weighted by atomic mass is 32.2. The quantitative estimate of drug-likeness (QED) is 0.468. The van der Waals surface area contributed by atoms with E-state index in [9.17, 15) is 9.90 Å². The third-order valence-electron chi connectivity index (χ3n) is 4.03. The lowest BCUT2D eigenvalue weighted by Gasteiger charge is -2.21. The van der Waals surface area contributed by atoms with Crippen LogP contribution in [-0.2, 0) is 6.54 Å². The second-order valence-corrected chi connectivity index (χ2v) is 6.66. The van der Waals surface area contributed by atoms with Crippen molar-refractivity contribution in [2.24, 2.45) is 5.11 Å². The van der Waals surface area contributed by atoms with Gasteiger partial charge in [0.1, 0.15) is 11.5 Å². The van der Waals surface area contributed by atoms with E-state index in [-0.39, 0.29) is 12.0 Å². The number of fused-ring (bicyclic) bond motifs is 3. The topological polar surface area (TPSA) is 102 Å². The van der Waals surface area contributed by atoms with Crippen LogP contribution in [0.4, 0.5) is 10.5 Å². The van der Waals surface area contributed by atoms with Crippen LogP contribution in [-0.4, -0.2) is 21.6 Å². The van der Waals surface area contributed by atoms with E-state index >= 15 is 0 Å². The Morgan fingerprint density at radius 2 is 2.15 bits per heavy atom. The van der Waals surface area contributed by atoms with Crippen molar-refractivity contribution < 1.29 is 14.6 Å². The molecular formula is C17H13N5O3S. The summed E-state index contributed by atoms with van der Waals surface area (Å²) >= 11 is 1.47. The van der Waals surface area contributed by atoms with Crippen LogP contribution in [0.15, 0.2) is 64.9 Å². The third kappa shape index (κ3) is 2.79. The van der Waals surface area contributed by atoms with Gasteiger partial charge >= 0.3 is 6.09 Å². The average Bonchev–Trinajstić information content (AvgIpc) is 3.20. The lowest BCUT2D eigenvalue weighted by atomic mass is 10.2. The smallest absolute Gasteiger partial charge is 0.413 e. The minimum atomic E-state index is -0.988. The van der Waals surface area contributed by atoms with Gasteiger partial charge in [0, 0.05) is 33.8 Å². The highest BCUT2D eigenvalue weighted by Crippen LogP contribution is 2.48. The zero-order valence-corrected chi connectivity index (χ0v) is 14.2. The molecule has 2 aliphatic heterocycles. The van der Waals surface area contributed by atoms with Gasteiger partial charge in [0.25, 0.3) is 0 Å². The summed E-state index contributed by atoms with van der Waals surface area (Å²) in [6, 6.07) is 13.0. The maximum atomic E-state index is 11.3. The summed E-state index contributed by atoms with van der Waals surface area (Å²) in [5.41, 5.74) is 9.88. The van der Waals surface area contributed by atoms with E-state index in [1.807, 2.05) is 47.4 Å². The molecule has 9 heteroatoms. The van der Waals surface area contributed by atoms with Crippen LogP contribution < -0.4 is 9.64 Å². The SMILES string of the molecule is [N-]=[N+]=NCc1ccccc1Oc1ccc2c(c1)N1C=CN(C(=O)O)C1S2. The van der Waals surface area contributed by atoms with Crippen LogP contribution in [0.1, 0.15) is 5.56 Å². The van der Waals surface area contributed by atoms with Gasteiger partial charge in [0.15, 0.2) is 5.50 Å². The van der Waals surface area contributed by atoms with E-state index in [4.69, 9.17) is 10.3 Å². The van der Waals surface area contributed by atoms with Gasteiger partial charge in [-0.15, -0.1) is 0 Å². The molecule has 2 aromatic carbocycles. The molecule has 26 heavy (non-hydrogen) atoms. The third-order valence-corrected chi connectivity index (χ3v) is 5.29. The number of thioether (sulfide) groups is 1. The van der Waals surface area contributed by atoms with Crippen molar-refractivity contribution in [2.45, 2.75) is 16.9 Å². The Labute approximate surface area is 152 Å². The van der Waals surface area contributed by atoms with Crippen LogP contribution in [0.25, 0.3) is 10.4 Å². The molecule has 4 rings (SSSR count). The standard InChI is InChI=1S/C17H13N5O3S/c18-20-19-10-11-3-1-2-4-14(11)25-12-5-6-15-13(9-12)21-7-8-22(17(23)24)16(21)26-15/h1-9,16H,10H2,(H,23,24). The highest BCUT2D eigenvalue weighted by molar-refractivity contribution is 8.00. The first-order chi connectivity index (χ1) is 12.7. The fourth-order valence-corrected chi connectivity index (χ4v) is 4.07. The second kappa shape index (κ2) is 6.55. The molecule has 0 radical (unpaired) electrons. The fraction of sp³-hybridized carbons (Fsp3) is 0.118. The summed E-state index contributed by atoms with van der Waals surface area (Å²) < 4.78 is 5.98. The molecular weight excluding hydrogens is 354 g/mol. The predicted octanol–water partition coefficient (Wildman–Crippen LogP) is 4.95. The number of hydrogen-bond acceptors (Lipinski definition) is 5. The van der Waals surface area contributed by atoms with Crippen molar-refractivity contribution in [1.29, 1.82) is 0 Å². The lowest BCUT2D eigenvalue weighted by molar-refractivity contribution is 0.163. The van der Waals surface area contributed by atoms with Crippen molar-refractivity contribution >= 4 is 23.5 Å². The minimum Gasteiger partial charge on any atom is -0.465 e. The average molecular weight is 367 g/mol. The number of ether oxygens (including phenoxy) is 1.